The van der Waals surface area contributed by atoms with E-state index in [0.717, 1.165) is 31.9 Å². The number of thiocarbonyl (C=S) groups is 1. The number of anilines is 1. The number of halogens is 1. The maximum Gasteiger partial charge on any atom is 0.171 e. The van der Waals surface area contributed by atoms with Gasteiger partial charge >= 0.3 is 0 Å². The summed E-state index contributed by atoms with van der Waals surface area (Å²) in [5, 5.41) is 7.94. The Morgan fingerprint density at radius 1 is 1.00 bits per heavy atom. The van der Waals surface area contributed by atoms with Gasteiger partial charge in [0, 0.05) is 32.2 Å². The van der Waals surface area contributed by atoms with Gasteiger partial charge in [-0.1, -0.05) is 54.1 Å². The van der Waals surface area contributed by atoms with Gasteiger partial charge in [-0.2, -0.15) is 0 Å². The second-order valence-corrected chi connectivity index (χ2v) is 7.88. The first kappa shape index (κ1) is 20.1. The van der Waals surface area contributed by atoms with Crippen LogP contribution in [0, 0.1) is 0 Å². The smallest absolute Gasteiger partial charge is 0.171 e. The van der Waals surface area contributed by atoms with Crippen molar-refractivity contribution in [3.63, 3.8) is 0 Å². The lowest BCUT2D eigenvalue weighted by atomic mass is 9.98. The number of para-hydroxylation sites is 1. The van der Waals surface area contributed by atoms with Gasteiger partial charge in [0.15, 0.2) is 5.11 Å². The summed E-state index contributed by atoms with van der Waals surface area (Å²) in [7, 11) is 2.18. The molecule has 144 valence electrons. The first-order chi connectivity index (χ1) is 13.0. The summed E-state index contributed by atoms with van der Waals surface area (Å²) in [4.78, 5) is 4.92. The minimum Gasteiger partial charge on any atom is -0.358 e. The molecule has 0 saturated carbocycles. The second-order valence-electron chi connectivity index (χ2n) is 7.06. The lowest BCUT2D eigenvalue weighted by Crippen LogP contribution is -2.52. The summed E-state index contributed by atoms with van der Waals surface area (Å²) in [5.41, 5.74) is 2.13. The SMILES string of the molecule is C[C@H](NC(=S)Nc1ccccc1Cl)[C@@H](c1ccccc1)N1CCN(C)CC1. The van der Waals surface area contributed by atoms with Crippen LogP contribution in [0.25, 0.3) is 0 Å². The van der Waals surface area contributed by atoms with Gasteiger partial charge in [-0.15, -0.1) is 0 Å². The standard InChI is InChI=1S/C21H27ClN4S/c1-16(23-21(27)24-19-11-7-6-10-18(19)22)20(17-8-4-3-5-9-17)26-14-12-25(2)13-15-26/h3-11,16,20H,12-15H2,1-2H3,(H2,23,24,27)/t16-,20-/m0/s1. The number of piperazine rings is 1. The predicted molar refractivity (Wildman–Crippen MR) is 119 cm³/mol. The van der Waals surface area contributed by atoms with E-state index in [1.807, 2.05) is 24.3 Å². The van der Waals surface area contributed by atoms with Gasteiger partial charge in [0.05, 0.1) is 16.8 Å². The molecule has 3 rings (SSSR count). The van der Waals surface area contributed by atoms with Crippen LogP contribution in [-0.4, -0.2) is 54.2 Å². The second kappa shape index (κ2) is 9.51. The predicted octanol–water partition coefficient (Wildman–Crippen LogP) is 4.00. The summed E-state index contributed by atoms with van der Waals surface area (Å²) in [6.07, 6.45) is 0. The van der Waals surface area contributed by atoms with Crippen molar-refractivity contribution >= 4 is 34.6 Å². The van der Waals surface area contributed by atoms with Crippen LogP contribution in [0.15, 0.2) is 54.6 Å². The Morgan fingerprint density at radius 2 is 1.63 bits per heavy atom. The fraction of sp³-hybridized carbons (Fsp3) is 0.381. The van der Waals surface area contributed by atoms with E-state index in [1.165, 1.54) is 5.56 Å². The zero-order chi connectivity index (χ0) is 19.2. The van der Waals surface area contributed by atoms with E-state index in [0.29, 0.717) is 10.1 Å². The number of hydrogen-bond acceptors (Lipinski definition) is 3. The van der Waals surface area contributed by atoms with E-state index in [4.69, 9.17) is 23.8 Å². The lowest BCUT2D eigenvalue weighted by Gasteiger charge is -2.41. The van der Waals surface area contributed by atoms with Crippen LogP contribution in [0.1, 0.15) is 18.5 Å². The Kier molecular flexibility index (Phi) is 7.07. The molecule has 2 atom stereocenters. The van der Waals surface area contributed by atoms with E-state index in [9.17, 15) is 0 Å². The number of nitrogens with one attached hydrogen (secondary N) is 2. The molecule has 4 nitrogen and oxygen atoms in total. The molecule has 0 amide bonds. The van der Waals surface area contributed by atoms with E-state index in [1.54, 1.807) is 0 Å². The van der Waals surface area contributed by atoms with Crippen LogP contribution >= 0.6 is 23.8 Å². The minimum atomic E-state index is 0.151. The van der Waals surface area contributed by atoms with Gasteiger partial charge in [0.2, 0.25) is 0 Å². The fourth-order valence-electron chi connectivity index (χ4n) is 3.57. The molecule has 2 N–H and O–H groups in total. The third-order valence-electron chi connectivity index (χ3n) is 5.03. The van der Waals surface area contributed by atoms with Gasteiger partial charge in [0.1, 0.15) is 0 Å². The van der Waals surface area contributed by atoms with Gasteiger partial charge < -0.3 is 15.5 Å². The van der Waals surface area contributed by atoms with Crippen LogP contribution in [-0.2, 0) is 0 Å². The average Bonchev–Trinajstić information content (AvgIpc) is 2.66. The Hall–Kier alpha value is -1.66. The molecule has 1 aliphatic rings. The number of rotatable bonds is 5. The van der Waals surface area contributed by atoms with E-state index < -0.39 is 0 Å². The minimum absolute atomic E-state index is 0.151. The number of hydrogen-bond donors (Lipinski definition) is 2. The molecule has 0 aliphatic carbocycles. The van der Waals surface area contributed by atoms with Gasteiger partial charge in [0.25, 0.3) is 0 Å². The van der Waals surface area contributed by atoms with Gasteiger partial charge in [-0.25, -0.2) is 0 Å². The normalized spacial score (nSPS) is 17.9. The van der Waals surface area contributed by atoms with Crippen molar-refractivity contribution in [2.75, 3.05) is 38.5 Å². The van der Waals surface area contributed by atoms with Crippen molar-refractivity contribution in [3.8, 4) is 0 Å². The Labute approximate surface area is 172 Å². The molecule has 1 aliphatic heterocycles. The third kappa shape index (κ3) is 5.42. The largest absolute Gasteiger partial charge is 0.358 e. The first-order valence-corrected chi connectivity index (χ1v) is 10.1. The average molecular weight is 403 g/mol. The molecule has 1 saturated heterocycles. The highest BCUT2D eigenvalue weighted by atomic mass is 35.5. The van der Waals surface area contributed by atoms with Gasteiger partial charge in [-0.05, 0) is 43.9 Å². The van der Waals surface area contributed by atoms with E-state index in [-0.39, 0.29) is 12.1 Å². The zero-order valence-electron chi connectivity index (χ0n) is 15.9. The summed E-state index contributed by atoms with van der Waals surface area (Å²) < 4.78 is 0. The Morgan fingerprint density at radius 3 is 2.30 bits per heavy atom. The van der Waals surface area contributed by atoms with Crippen molar-refractivity contribution in [1.82, 2.24) is 15.1 Å². The first-order valence-electron chi connectivity index (χ1n) is 9.34. The molecule has 0 unspecified atom stereocenters. The molecule has 1 heterocycles. The van der Waals surface area contributed by atoms with Crippen molar-refractivity contribution in [2.24, 2.45) is 0 Å². The number of likely N-dealkylation sites (N-methyl/N-ethyl adjacent to an activating group) is 1. The molecule has 2 aromatic carbocycles. The quantitative estimate of drug-likeness (QED) is 0.738. The van der Waals surface area contributed by atoms with Gasteiger partial charge in [-0.3, -0.25) is 4.90 Å². The fourth-order valence-corrected chi connectivity index (χ4v) is 4.05. The molecule has 0 spiro atoms. The molecule has 27 heavy (non-hydrogen) atoms. The van der Waals surface area contributed by atoms with Crippen molar-refractivity contribution in [3.05, 3.63) is 65.2 Å². The molecule has 0 bridgehead atoms. The highest BCUT2D eigenvalue weighted by Gasteiger charge is 2.28. The third-order valence-corrected chi connectivity index (χ3v) is 5.58. The maximum absolute atomic E-state index is 6.24. The highest BCUT2D eigenvalue weighted by Crippen LogP contribution is 2.26. The summed E-state index contributed by atoms with van der Waals surface area (Å²) >= 11 is 11.8. The topological polar surface area (TPSA) is 30.5 Å². The molecular formula is C21H27ClN4S. The number of benzene rings is 2. The van der Waals surface area contributed by atoms with Crippen LogP contribution in [0.2, 0.25) is 5.02 Å². The molecule has 1 fully saturated rings. The summed E-state index contributed by atoms with van der Waals surface area (Å²) in [6, 6.07) is 18.7. The van der Waals surface area contributed by atoms with E-state index >= 15 is 0 Å². The molecule has 2 aromatic rings. The monoisotopic (exact) mass is 402 g/mol. The van der Waals surface area contributed by atoms with Crippen molar-refractivity contribution < 1.29 is 0 Å². The van der Waals surface area contributed by atoms with Crippen LogP contribution < -0.4 is 10.6 Å². The Balaban J connectivity index is 1.71. The van der Waals surface area contributed by atoms with Crippen LogP contribution in [0.3, 0.4) is 0 Å². The van der Waals surface area contributed by atoms with Crippen molar-refractivity contribution in [1.29, 1.82) is 0 Å². The van der Waals surface area contributed by atoms with Crippen LogP contribution in [0.5, 0.6) is 0 Å². The van der Waals surface area contributed by atoms with E-state index in [2.05, 4.69) is 64.7 Å². The molecule has 6 heteroatoms. The molecule has 0 aromatic heterocycles. The molecular weight excluding hydrogens is 376 g/mol. The van der Waals surface area contributed by atoms with Crippen molar-refractivity contribution in [2.45, 2.75) is 19.0 Å². The number of nitrogens with zero attached hydrogens (tertiary/aromatic N) is 2. The lowest BCUT2D eigenvalue weighted by molar-refractivity contribution is 0.0973. The zero-order valence-corrected chi connectivity index (χ0v) is 17.4. The highest BCUT2D eigenvalue weighted by molar-refractivity contribution is 7.80. The Bertz CT molecular complexity index is 747. The molecule has 0 radical (unpaired) electrons. The van der Waals surface area contributed by atoms with Crippen LogP contribution in [0.4, 0.5) is 5.69 Å². The summed E-state index contributed by atoms with van der Waals surface area (Å²) in [6.45, 7) is 6.45. The maximum atomic E-state index is 6.24. The summed E-state index contributed by atoms with van der Waals surface area (Å²) in [5.74, 6) is 0.